The number of aliphatic hydroxyl groups is 2. The first-order valence-corrected chi connectivity index (χ1v) is 5.84. The summed E-state index contributed by atoms with van der Waals surface area (Å²) in [6, 6.07) is 0. The van der Waals surface area contributed by atoms with E-state index < -0.39 is 18.2 Å². The molecule has 0 saturated heterocycles. The van der Waals surface area contributed by atoms with Crippen LogP contribution in [-0.4, -0.2) is 67.1 Å². The maximum atomic E-state index is 10.6. The van der Waals surface area contributed by atoms with Gasteiger partial charge in [-0.1, -0.05) is 0 Å². The second-order valence-corrected chi connectivity index (χ2v) is 4.51. The molecular formula is C11H15N5O4. The van der Waals surface area contributed by atoms with E-state index >= 15 is 0 Å². The molecule has 108 valence electrons. The average Bonchev–Trinajstić information content (AvgIpc) is 2.80. The molecule has 3 N–H and O–H groups in total. The number of imidazole rings is 1. The molecule has 9 heteroatoms. The molecule has 0 radical (unpaired) electrons. The van der Waals surface area contributed by atoms with Crippen LogP contribution in [0.4, 0.5) is 5.82 Å². The Balaban J connectivity index is 2.33. The Bertz CT molecular complexity index is 626. The predicted molar refractivity (Wildman–Crippen MR) is 69.3 cm³/mol. The van der Waals surface area contributed by atoms with Gasteiger partial charge in [0, 0.05) is 14.1 Å². The number of fused-ring (bicyclic) bond motifs is 1. The number of aromatic nitrogens is 4. The summed E-state index contributed by atoms with van der Waals surface area (Å²) in [6.45, 7) is -0.131. The third-order valence-electron chi connectivity index (χ3n) is 2.81. The number of anilines is 1. The zero-order valence-corrected chi connectivity index (χ0v) is 11.0. The van der Waals surface area contributed by atoms with E-state index in [1.54, 1.807) is 4.90 Å². The maximum absolute atomic E-state index is 10.6. The summed E-state index contributed by atoms with van der Waals surface area (Å²) >= 11 is 0. The molecule has 0 bridgehead atoms. The van der Waals surface area contributed by atoms with Crippen LogP contribution in [0.25, 0.3) is 11.2 Å². The van der Waals surface area contributed by atoms with Gasteiger partial charge in [-0.25, -0.2) is 19.7 Å². The van der Waals surface area contributed by atoms with E-state index in [1.165, 1.54) is 17.2 Å². The molecule has 2 atom stereocenters. The molecule has 0 aromatic carbocycles. The molecule has 0 aliphatic heterocycles. The Labute approximate surface area is 114 Å². The summed E-state index contributed by atoms with van der Waals surface area (Å²) in [7, 11) is 3.62. The molecule has 0 saturated carbocycles. The summed E-state index contributed by atoms with van der Waals surface area (Å²) in [4.78, 5) is 24.7. The van der Waals surface area contributed by atoms with Gasteiger partial charge in [-0.3, -0.25) is 0 Å². The van der Waals surface area contributed by atoms with Crippen molar-refractivity contribution in [3.05, 3.63) is 12.7 Å². The molecule has 0 amide bonds. The number of carbonyl (C=O) groups is 1. The summed E-state index contributed by atoms with van der Waals surface area (Å²) in [5.41, 5.74) is 0.995. The molecule has 0 aliphatic carbocycles. The monoisotopic (exact) mass is 281 g/mol. The first-order valence-electron chi connectivity index (χ1n) is 5.84. The highest BCUT2D eigenvalue weighted by atomic mass is 16.4. The van der Waals surface area contributed by atoms with Gasteiger partial charge in [-0.2, -0.15) is 0 Å². The van der Waals surface area contributed by atoms with Crippen LogP contribution in [0.5, 0.6) is 0 Å². The molecule has 0 fully saturated rings. The molecular weight excluding hydrogens is 266 g/mol. The fraction of sp³-hybridized carbons (Fsp3) is 0.455. The van der Waals surface area contributed by atoms with Crippen molar-refractivity contribution in [2.45, 2.75) is 18.8 Å². The summed E-state index contributed by atoms with van der Waals surface area (Å²) in [5, 5.41) is 27.6. The molecule has 2 rings (SSSR count). The lowest BCUT2D eigenvalue weighted by Crippen LogP contribution is -2.36. The van der Waals surface area contributed by atoms with Gasteiger partial charge in [0.05, 0.1) is 12.9 Å². The molecule has 2 aromatic heterocycles. The fourth-order valence-corrected chi connectivity index (χ4v) is 1.80. The van der Waals surface area contributed by atoms with Gasteiger partial charge in [-0.05, 0) is 0 Å². The van der Waals surface area contributed by atoms with Crippen LogP contribution in [0.1, 0.15) is 0 Å². The smallest absolute Gasteiger partial charge is 0.335 e. The van der Waals surface area contributed by atoms with E-state index in [0.717, 1.165) is 0 Å². The van der Waals surface area contributed by atoms with Crippen molar-refractivity contribution in [3.8, 4) is 0 Å². The van der Waals surface area contributed by atoms with Crippen LogP contribution >= 0.6 is 0 Å². The maximum Gasteiger partial charge on any atom is 0.335 e. The van der Waals surface area contributed by atoms with Crippen molar-refractivity contribution < 1.29 is 20.1 Å². The van der Waals surface area contributed by atoms with Gasteiger partial charge < -0.3 is 24.8 Å². The van der Waals surface area contributed by atoms with Crippen LogP contribution in [0.2, 0.25) is 0 Å². The van der Waals surface area contributed by atoms with E-state index in [9.17, 15) is 15.0 Å². The number of hydrogen-bond donors (Lipinski definition) is 3. The first-order chi connectivity index (χ1) is 9.41. The van der Waals surface area contributed by atoms with Crippen LogP contribution in [0.15, 0.2) is 12.7 Å². The number of aliphatic carboxylic acids is 1. The SMILES string of the molecule is CN(C)c1ncnc2c1ncn2C[C@@H](O)[C@@H](O)C(=O)O. The third-order valence-corrected chi connectivity index (χ3v) is 2.81. The van der Waals surface area contributed by atoms with Crippen LogP contribution in [-0.2, 0) is 11.3 Å². The largest absolute Gasteiger partial charge is 0.479 e. The minimum absolute atomic E-state index is 0.131. The van der Waals surface area contributed by atoms with Gasteiger partial charge in [0.25, 0.3) is 0 Å². The molecule has 2 aromatic rings. The van der Waals surface area contributed by atoms with Gasteiger partial charge >= 0.3 is 5.97 Å². The van der Waals surface area contributed by atoms with E-state index in [1.807, 2.05) is 14.1 Å². The minimum Gasteiger partial charge on any atom is -0.479 e. The highest BCUT2D eigenvalue weighted by molar-refractivity contribution is 5.83. The average molecular weight is 281 g/mol. The van der Waals surface area contributed by atoms with Gasteiger partial charge in [0.2, 0.25) is 0 Å². The lowest BCUT2D eigenvalue weighted by Gasteiger charge is -2.15. The Hall–Kier alpha value is -2.26. The van der Waals surface area contributed by atoms with Crippen molar-refractivity contribution in [2.75, 3.05) is 19.0 Å². The second-order valence-electron chi connectivity index (χ2n) is 4.51. The van der Waals surface area contributed by atoms with E-state index in [2.05, 4.69) is 15.0 Å². The van der Waals surface area contributed by atoms with Crippen molar-refractivity contribution in [3.63, 3.8) is 0 Å². The highest BCUT2D eigenvalue weighted by Gasteiger charge is 2.25. The number of carboxylic acid groups (broad SMARTS) is 1. The Morgan fingerprint density at radius 1 is 1.35 bits per heavy atom. The predicted octanol–water partition coefficient (Wildman–Crippen LogP) is -1.30. The second kappa shape index (κ2) is 5.39. The van der Waals surface area contributed by atoms with Gasteiger partial charge in [-0.15, -0.1) is 0 Å². The number of hydrogen-bond acceptors (Lipinski definition) is 7. The van der Waals surface area contributed by atoms with Crippen molar-refractivity contribution in [2.24, 2.45) is 0 Å². The van der Waals surface area contributed by atoms with Crippen molar-refractivity contribution >= 4 is 23.0 Å². The molecule has 0 aliphatic rings. The third kappa shape index (κ3) is 2.53. The lowest BCUT2D eigenvalue weighted by molar-refractivity contribution is -0.153. The number of rotatable bonds is 5. The summed E-state index contributed by atoms with van der Waals surface area (Å²) < 4.78 is 1.47. The minimum atomic E-state index is -1.86. The quantitative estimate of drug-likeness (QED) is 0.617. The topological polar surface area (TPSA) is 125 Å². The van der Waals surface area contributed by atoms with Crippen molar-refractivity contribution in [1.82, 2.24) is 19.5 Å². The van der Waals surface area contributed by atoms with Gasteiger partial charge in [0.1, 0.15) is 12.4 Å². The zero-order chi connectivity index (χ0) is 14.9. The number of carboxylic acids is 1. The Morgan fingerprint density at radius 2 is 2.05 bits per heavy atom. The molecule has 0 spiro atoms. The van der Waals surface area contributed by atoms with Crippen LogP contribution < -0.4 is 4.90 Å². The normalized spacial score (nSPS) is 14.2. The van der Waals surface area contributed by atoms with Gasteiger partial charge in [0.15, 0.2) is 23.1 Å². The van der Waals surface area contributed by atoms with Crippen LogP contribution in [0, 0.1) is 0 Å². The standard InChI is InChI=1S/C11H15N5O4/c1-15(2)9-7-10(13-4-12-9)16(5-14-7)3-6(17)8(18)11(19)20/h4-6,8,17-18H,3H2,1-2H3,(H,19,20)/t6-,8-/m1/s1. The molecule has 9 nitrogen and oxygen atoms in total. The van der Waals surface area contributed by atoms with E-state index in [4.69, 9.17) is 5.11 Å². The van der Waals surface area contributed by atoms with E-state index in [0.29, 0.717) is 17.0 Å². The Morgan fingerprint density at radius 3 is 2.65 bits per heavy atom. The first kappa shape index (κ1) is 14.2. The zero-order valence-electron chi connectivity index (χ0n) is 11.0. The molecule has 2 heterocycles. The fourth-order valence-electron chi connectivity index (χ4n) is 1.80. The molecule has 20 heavy (non-hydrogen) atoms. The van der Waals surface area contributed by atoms with Crippen molar-refractivity contribution in [1.29, 1.82) is 0 Å². The number of aliphatic hydroxyl groups excluding tert-OH is 2. The highest BCUT2D eigenvalue weighted by Crippen LogP contribution is 2.19. The number of nitrogens with zero attached hydrogens (tertiary/aromatic N) is 5. The van der Waals surface area contributed by atoms with E-state index in [-0.39, 0.29) is 6.54 Å². The van der Waals surface area contributed by atoms with Crippen LogP contribution in [0.3, 0.4) is 0 Å². The summed E-state index contributed by atoms with van der Waals surface area (Å²) in [6.07, 6.45) is -0.537. The summed E-state index contributed by atoms with van der Waals surface area (Å²) in [5.74, 6) is -0.868. The molecule has 0 unspecified atom stereocenters. The Kier molecular flexibility index (Phi) is 3.81. The lowest BCUT2D eigenvalue weighted by atomic mass is 10.2.